The molecule has 0 aliphatic carbocycles. The molecule has 0 saturated carbocycles. The van der Waals surface area contributed by atoms with Crippen molar-refractivity contribution in [2.45, 2.75) is 57.2 Å². The average molecular weight is 276 g/mol. The molecule has 2 unspecified atom stereocenters. The normalized spacial score (nSPS) is 30.1. The molecular formula is C15H24N4O. The Hall–Kier alpha value is -1.36. The number of nitrogens with zero attached hydrogens (tertiary/aromatic N) is 3. The fourth-order valence-electron chi connectivity index (χ4n) is 3.71. The molecule has 1 N–H and O–H groups in total. The molecule has 2 saturated heterocycles. The lowest BCUT2D eigenvalue weighted by Crippen LogP contribution is -2.52. The van der Waals surface area contributed by atoms with Gasteiger partial charge in [0.15, 0.2) is 0 Å². The average Bonchev–Trinajstić information content (AvgIpc) is 2.42. The van der Waals surface area contributed by atoms with Crippen LogP contribution >= 0.6 is 0 Å². The quantitative estimate of drug-likeness (QED) is 0.917. The van der Waals surface area contributed by atoms with Gasteiger partial charge in [-0.15, -0.1) is 0 Å². The van der Waals surface area contributed by atoms with Crippen molar-refractivity contribution in [2.75, 3.05) is 19.5 Å². The van der Waals surface area contributed by atoms with Crippen molar-refractivity contribution in [1.29, 1.82) is 0 Å². The Bertz CT molecular complexity index is 465. The highest BCUT2D eigenvalue weighted by Crippen LogP contribution is 2.34. The molecule has 1 aromatic heterocycles. The lowest BCUT2D eigenvalue weighted by atomic mass is 9.82. The molecule has 2 atom stereocenters. The molecule has 2 fully saturated rings. The molecule has 5 nitrogen and oxygen atoms in total. The third-order valence-electron chi connectivity index (χ3n) is 4.91. The highest BCUT2D eigenvalue weighted by molar-refractivity contribution is 5.48. The van der Waals surface area contributed by atoms with Gasteiger partial charge in [-0.05, 0) is 39.7 Å². The van der Waals surface area contributed by atoms with E-state index in [4.69, 9.17) is 4.74 Å². The van der Waals surface area contributed by atoms with Crippen molar-refractivity contribution < 1.29 is 4.74 Å². The van der Waals surface area contributed by atoms with E-state index in [1.807, 2.05) is 6.92 Å². The first-order valence-electron chi connectivity index (χ1n) is 7.53. The summed E-state index contributed by atoms with van der Waals surface area (Å²) in [4.78, 5) is 11.1. The van der Waals surface area contributed by atoms with Gasteiger partial charge >= 0.3 is 0 Å². The first-order valence-corrected chi connectivity index (χ1v) is 7.53. The van der Waals surface area contributed by atoms with E-state index in [9.17, 15) is 0 Å². The van der Waals surface area contributed by atoms with E-state index >= 15 is 0 Å². The molecular weight excluding hydrogens is 252 g/mol. The highest BCUT2D eigenvalue weighted by atomic mass is 16.5. The van der Waals surface area contributed by atoms with Crippen LogP contribution in [-0.2, 0) is 0 Å². The van der Waals surface area contributed by atoms with Gasteiger partial charge in [-0.1, -0.05) is 6.42 Å². The topological polar surface area (TPSA) is 50.3 Å². The van der Waals surface area contributed by atoms with Crippen molar-refractivity contribution in [3.63, 3.8) is 0 Å². The molecule has 20 heavy (non-hydrogen) atoms. The van der Waals surface area contributed by atoms with E-state index in [1.165, 1.54) is 32.1 Å². The van der Waals surface area contributed by atoms with Crippen LogP contribution in [0.15, 0.2) is 6.33 Å². The summed E-state index contributed by atoms with van der Waals surface area (Å²) in [6.07, 6.45) is 8.03. The van der Waals surface area contributed by atoms with Gasteiger partial charge in [-0.3, -0.25) is 0 Å². The van der Waals surface area contributed by atoms with Crippen LogP contribution < -0.4 is 10.1 Å². The predicted molar refractivity (Wildman–Crippen MR) is 79.2 cm³/mol. The van der Waals surface area contributed by atoms with Gasteiger partial charge in [0.1, 0.15) is 12.1 Å². The van der Waals surface area contributed by atoms with Crippen LogP contribution in [0, 0.1) is 6.92 Å². The minimum Gasteiger partial charge on any atom is -0.481 e. The Morgan fingerprint density at radius 2 is 1.95 bits per heavy atom. The van der Waals surface area contributed by atoms with Gasteiger partial charge in [0.2, 0.25) is 5.88 Å². The lowest BCUT2D eigenvalue weighted by molar-refractivity contribution is 0.0607. The van der Waals surface area contributed by atoms with Gasteiger partial charge in [0.25, 0.3) is 0 Å². The molecule has 0 amide bonds. The zero-order chi connectivity index (χ0) is 14.1. The molecule has 2 aliphatic heterocycles. The van der Waals surface area contributed by atoms with Crippen molar-refractivity contribution in [3.05, 3.63) is 11.9 Å². The second kappa shape index (κ2) is 5.56. The second-order valence-corrected chi connectivity index (χ2v) is 6.07. The van der Waals surface area contributed by atoms with E-state index in [2.05, 4.69) is 27.2 Å². The Morgan fingerprint density at radius 1 is 1.25 bits per heavy atom. The monoisotopic (exact) mass is 276 g/mol. The van der Waals surface area contributed by atoms with E-state index in [0.29, 0.717) is 11.9 Å². The summed E-state index contributed by atoms with van der Waals surface area (Å²) >= 11 is 0. The molecule has 5 heteroatoms. The number of rotatable bonds is 3. The zero-order valence-electron chi connectivity index (χ0n) is 12.6. The largest absolute Gasteiger partial charge is 0.481 e. The van der Waals surface area contributed by atoms with Crippen LogP contribution in [0.1, 0.15) is 37.7 Å². The maximum atomic E-state index is 5.27. The van der Waals surface area contributed by atoms with Crippen LogP contribution in [-0.4, -0.2) is 47.2 Å². The number of fused-ring (bicyclic) bond motifs is 2. The molecule has 1 aromatic rings. The molecule has 2 bridgehead atoms. The number of anilines is 1. The minimum absolute atomic E-state index is 0.514. The van der Waals surface area contributed by atoms with Gasteiger partial charge < -0.3 is 15.0 Å². The predicted octanol–water partition coefficient (Wildman–Crippen LogP) is 2.22. The fourth-order valence-corrected chi connectivity index (χ4v) is 3.71. The van der Waals surface area contributed by atoms with E-state index in [1.54, 1.807) is 13.4 Å². The Kier molecular flexibility index (Phi) is 3.78. The van der Waals surface area contributed by atoms with Crippen molar-refractivity contribution in [2.24, 2.45) is 0 Å². The maximum Gasteiger partial charge on any atom is 0.221 e. The van der Waals surface area contributed by atoms with E-state index in [0.717, 1.165) is 23.5 Å². The Balaban J connectivity index is 1.73. The van der Waals surface area contributed by atoms with Crippen LogP contribution in [0.5, 0.6) is 5.88 Å². The van der Waals surface area contributed by atoms with Crippen LogP contribution in [0.2, 0.25) is 0 Å². The summed E-state index contributed by atoms with van der Waals surface area (Å²) in [6, 6.07) is 1.97. The molecule has 110 valence electrons. The van der Waals surface area contributed by atoms with E-state index < -0.39 is 0 Å². The molecule has 2 aliphatic rings. The number of ether oxygens (including phenoxy) is 1. The summed E-state index contributed by atoms with van der Waals surface area (Å²) in [5.74, 6) is 1.58. The van der Waals surface area contributed by atoms with Crippen molar-refractivity contribution >= 4 is 5.82 Å². The standard InChI is InChI=1S/C15H24N4O/c1-10-14(16-9-17-15(10)20-3)18-11-7-12-5-4-6-13(8-11)19(12)2/h9,11-13H,4-8H2,1-3H3,(H,16,17,18). The third-order valence-corrected chi connectivity index (χ3v) is 4.91. The van der Waals surface area contributed by atoms with Crippen LogP contribution in [0.3, 0.4) is 0 Å². The van der Waals surface area contributed by atoms with Crippen LogP contribution in [0.4, 0.5) is 5.82 Å². The van der Waals surface area contributed by atoms with Crippen molar-refractivity contribution in [3.8, 4) is 5.88 Å². The first-order chi connectivity index (χ1) is 9.69. The van der Waals surface area contributed by atoms with Gasteiger partial charge in [-0.25, -0.2) is 9.97 Å². The summed E-state index contributed by atoms with van der Waals surface area (Å²) in [5.41, 5.74) is 0.999. The number of piperidine rings is 2. The number of methoxy groups -OCH3 is 1. The summed E-state index contributed by atoms with van der Waals surface area (Å²) < 4.78 is 5.27. The first kappa shape index (κ1) is 13.6. The molecule has 3 heterocycles. The zero-order valence-corrected chi connectivity index (χ0v) is 12.6. The summed E-state index contributed by atoms with van der Waals surface area (Å²) in [5, 5.41) is 3.62. The third kappa shape index (κ3) is 2.46. The van der Waals surface area contributed by atoms with Gasteiger partial charge in [0.05, 0.1) is 12.7 Å². The number of hydrogen-bond donors (Lipinski definition) is 1. The van der Waals surface area contributed by atoms with Crippen molar-refractivity contribution in [1.82, 2.24) is 14.9 Å². The SMILES string of the molecule is COc1ncnc(NC2CC3CCCC(C2)N3C)c1C. The molecule has 0 aromatic carbocycles. The lowest BCUT2D eigenvalue weighted by Gasteiger charge is -2.47. The minimum atomic E-state index is 0.514. The summed E-state index contributed by atoms with van der Waals surface area (Å²) in [7, 11) is 3.93. The summed E-state index contributed by atoms with van der Waals surface area (Å²) in [6.45, 7) is 2.01. The Morgan fingerprint density at radius 3 is 2.60 bits per heavy atom. The number of nitrogens with one attached hydrogen (secondary N) is 1. The second-order valence-electron chi connectivity index (χ2n) is 6.07. The molecule has 3 rings (SSSR count). The smallest absolute Gasteiger partial charge is 0.221 e. The van der Waals surface area contributed by atoms with E-state index in [-0.39, 0.29) is 0 Å². The Labute approximate surface area is 120 Å². The number of hydrogen-bond acceptors (Lipinski definition) is 5. The fraction of sp³-hybridized carbons (Fsp3) is 0.733. The number of aromatic nitrogens is 2. The highest BCUT2D eigenvalue weighted by Gasteiger charge is 2.36. The molecule has 0 spiro atoms. The van der Waals surface area contributed by atoms with Gasteiger partial charge in [0, 0.05) is 18.1 Å². The molecule has 0 radical (unpaired) electrons. The van der Waals surface area contributed by atoms with Gasteiger partial charge in [-0.2, -0.15) is 0 Å². The maximum absolute atomic E-state index is 5.27. The van der Waals surface area contributed by atoms with Crippen LogP contribution in [0.25, 0.3) is 0 Å².